The Morgan fingerprint density at radius 1 is 1.29 bits per heavy atom. The van der Waals surface area contributed by atoms with Crippen LogP contribution < -0.4 is 5.69 Å². The minimum absolute atomic E-state index is 0.0508. The number of hydrogen-bond acceptors (Lipinski definition) is 5. The summed E-state index contributed by atoms with van der Waals surface area (Å²) in [5.41, 5.74) is 3.15. The number of hydrogen-bond donors (Lipinski definition) is 2. The lowest BCUT2D eigenvalue weighted by Gasteiger charge is -2.34. The Morgan fingerprint density at radius 2 is 2.09 bits per heavy atom. The molecule has 4 heterocycles. The molecule has 0 unspecified atom stereocenters. The molecule has 9 heteroatoms. The number of fused-ring (bicyclic) bond motifs is 2. The number of likely N-dealkylation sites (tertiary alicyclic amines) is 1. The van der Waals surface area contributed by atoms with Crippen LogP contribution in [-0.2, 0) is 0 Å². The highest BCUT2D eigenvalue weighted by atomic mass is 19.1. The number of piperidine rings is 1. The predicted molar refractivity (Wildman–Crippen MR) is 134 cm³/mol. The average Bonchev–Trinajstić information content (AvgIpc) is 3.43. The zero-order chi connectivity index (χ0) is 24.5. The first-order valence-corrected chi connectivity index (χ1v) is 11.5. The first-order chi connectivity index (χ1) is 17.0. The van der Waals surface area contributed by atoms with Gasteiger partial charge in [0.15, 0.2) is 5.65 Å². The molecule has 1 aliphatic rings. The van der Waals surface area contributed by atoms with Crippen molar-refractivity contribution in [2.45, 2.75) is 25.8 Å². The van der Waals surface area contributed by atoms with Crippen LogP contribution >= 0.6 is 0 Å². The molecule has 178 valence electrons. The number of halogens is 1. The maximum Gasteiger partial charge on any atom is 0.327 e. The molecular formula is C26H25FN6O2. The van der Waals surface area contributed by atoms with Crippen molar-refractivity contribution in [2.24, 2.45) is 4.99 Å². The van der Waals surface area contributed by atoms with Gasteiger partial charge < -0.3 is 9.88 Å². The number of rotatable bonds is 6. The van der Waals surface area contributed by atoms with Crippen LogP contribution in [0.25, 0.3) is 22.1 Å². The largest absolute Gasteiger partial charge is 0.372 e. The zero-order valence-electron chi connectivity index (χ0n) is 19.3. The number of allylic oxidation sites excluding steroid dienone is 2. The number of carbonyl (C=O) groups excluding carboxylic acids is 1. The number of aliphatic imine (C=N–C) groups is 1. The van der Waals surface area contributed by atoms with Gasteiger partial charge in [0.1, 0.15) is 11.5 Å². The number of aromatic nitrogens is 4. The Hall–Kier alpha value is -4.27. The van der Waals surface area contributed by atoms with Crippen LogP contribution in [0.4, 0.5) is 4.39 Å². The Balaban J connectivity index is 1.34. The number of carbonyl (C=O) groups is 1. The fraction of sp³-hybridized carbons (Fsp3) is 0.231. The summed E-state index contributed by atoms with van der Waals surface area (Å²) >= 11 is 0. The van der Waals surface area contributed by atoms with E-state index in [2.05, 4.69) is 31.4 Å². The number of nitrogens with one attached hydrogen (secondary N) is 2. The second-order valence-electron chi connectivity index (χ2n) is 8.52. The van der Waals surface area contributed by atoms with Gasteiger partial charge in [0.25, 0.3) is 0 Å². The molecule has 0 atom stereocenters. The second kappa shape index (κ2) is 9.17. The quantitative estimate of drug-likeness (QED) is 0.189. The van der Waals surface area contributed by atoms with Crippen molar-refractivity contribution in [2.75, 3.05) is 13.1 Å². The molecule has 1 fully saturated rings. The van der Waals surface area contributed by atoms with Gasteiger partial charge in [-0.05, 0) is 56.2 Å². The second-order valence-corrected chi connectivity index (χ2v) is 8.52. The van der Waals surface area contributed by atoms with Crippen LogP contribution in [0.2, 0.25) is 0 Å². The molecule has 0 amide bonds. The topological polar surface area (TPSA) is 99.1 Å². The van der Waals surface area contributed by atoms with Gasteiger partial charge in [0.05, 0.1) is 5.52 Å². The zero-order valence-corrected chi connectivity index (χ0v) is 19.3. The van der Waals surface area contributed by atoms with Gasteiger partial charge in [0.2, 0.25) is 5.78 Å². The molecule has 0 radical (unpaired) electrons. The van der Waals surface area contributed by atoms with E-state index in [0.717, 1.165) is 18.4 Å². The summed E-state index contributed by atoms with van der Waals surface area (Å²) in [6, 6.07) is 8.05. The molecule has 1 saturated heterocycles. The van der Waals surface area contributed by atoms with Crippen molar-refractivity contribution in [1.29, 1.82) is 0 Å². The van der Waals surface area contributed by atoms with Gasteiger partial charge in [-0.2, -0.15) is 0 Å². The van der Waals surface area contributed by atoms with Crippen molar-refractivity contribution >= 4 is 34.1 Å². The van der Waals surface area contributed by atoms with Gasteiger partial charge in [-0.15, -0.1) is 0 Å². The van der Waals surface area contributed by atoms with E-state index in [0.29, 0.717) is 40.9 Å². The van der Waals surface area contributed by atoms with Crippen molar-refractivity contribution in [3.05, 3.63) is 88.6 Å². The van der Waals surface area contributed by atoms with E-state index in [-0.39, 0.29) is 29.0 Å². The van der Waals surface area contributed by atoms with E-state index < -0.39 is 0 Å². The third kappa shape index (κ3) is 4.21. The fourth-order valence-electron chi connectivity index (χ4n) is 4.71. The van der Waals surface area contributed by atoms with Gasteiger partial charge >= 0.3 is 5.69 Å². The van der Waals surface area contributed by atoms with Gasteiger partial charge in [-0.25, -0.2) is 14.2 Å². The Labute approximate surface area is 200 Å². The number of Topliss-reactive ketones (excluding diaryl/α,β-unsaturated/α-hetero) is 1. The van der Waals surface area contributed by atoms with Crippen molar-refractivity contribution in [3.63, 3.8) is 0 Å². The monoisotopic (exact) mass is 472 g/mol. The molecular weight excluding hydrogens is 447 g/mol. The smallest absolute Gasteiger partial charge is 0.327 e. The molecule has 0 spiro atoms. The fourth-order valence-corrected chi connectivity index (χ4v) is 4.71. The van der Waals surface area contributed by atoms with E-state index in [1.54, 1.807) is 42.2 Å². The lowest BCUT2D eigenvalue weighted by atomic mass is 10.0. The molecule has 3 aromatic heterocycles. The lowest BCUT2D eigenvalue weighted by Crippen LogP contribution is -2.36. The maximum atomic E-state index is 13.5. The van der Waals surface area contributed by atoms with Crippen LogP contribution in [0.3, 0.4) is 0 Å². The molecule has 0 aliphatic carbocycles. The van der Waals surface area contributed by atoms with Crippen molar-refractivity contribution < 1.29 is 9.18 Å². The van der Waals surface area contributed by atoms with Crippen molar-refractivity contribution in [1.82, 2.24) is 24.4 Å². The summed E-state index contributed by atoms with van der Waals surface area (Å²) in [5.74, 6) is -0.640. The average molecular weight is 473 g/mol. The molecule has 1 aliphatic heterocycles. The molecule has 1 aromatic carbocycles. The maximum absolute atomic E-state index is 13.5. The summed E-state index contributed by atoms with van der Waals surface area (Å²) < 4.78 is 15.3. The number of aromatic amines is 2. The third-order valence-corrected chi connectivity index (χ3v) is 6.42. The number of ketones is 1. The van der Waals surface area contributed by atoms with E-state index >= 15 is 0 Å². The van der Waals surface area contributed by atoms with Gasteiger partial charge in [-0.3, -0.25) is 19.3 Å². The number of pyridine rings is 1. The molecule has 5 rings (SSSR count). The normalized spacial score (nSPS) is 15.5. The van der Waals surface area contributed by atoms with E-state index in [9.17, 15) is 14.0 Å². The molecule has 8 nitrogen and oxygen atoms in total. The van der Waals surface area contributed by atoms with Gasteiger partial charge in [-0.1, -0.05) is 6.58 Å². The summed E-state index contributed by atoms with van der Waals surface area (Å²) in [4.78, 5) is 42.2. The van der Waals surface area contributed by atoms with E-state index in [1.807, 2.05) is 12.1 Å². The minimum Gasteiger partial charge on any atom is -0.372 e. The first-order valence-electron chi connectivity index (χ1n) is 11.5. The number of imidazole rings is 1. The van der Waals surface area contributed by atoms with E-state index in [4.69, 9.17) is 0 Å². The highest BCUT2D eigenvalue weighted by Gasteiger charge is 2.25. The summed E-state index contributed by atoms with van der Waals surface area (Å²) in [7, 11) is 0. The summed E-state index contributed by atoms with van der Waals surface area (Å²) in [5, 5.41) is 0.638. The highest BCUT2D eigenvalue weighted by Crippen LogP contribution is 2.27. The molecule has 35 heavy (non-hydrogen) atoms. The highest BCUT2D eigenvalue weighted by molar-refractivity contribution is 6.16. The van der Waals surface area contributed by atoms with Crippen LogP contribution in [0.1, 0.15) is 36.2 Å². The standard InChI is InChI=1S/C26H25FN6O2/c1-3-28-22(24(34)20-15-30-21-14-17(27)6-7-19(20)21)13-16(2)32-11-8-18(9-12-32)33-23-5-4-10-29-25(23)31-26(33)35/h3-7,10,13-15,18,30H,2,8-9,11-12H2,1H3,(H,29,31,35)/b22-13-,28-3-. The molecule has 0 bridgehead atoms. The predicted octanol–water partition coefficient (Wildman–Crippen LogP) is 4.35. The molecule has 2 N–H and O–H groups in total. The van der Waals surface area contributed by atoms with Crippen LogP contribution in [0.5, 0.6) is 0 Å². The van der Waals surface area contributed by atoms with Crippen molar-refractivity contribution in [3.8, 4) is 0 Å². The number of benzene rings is 1. The lowest BCUT2D eigenvalue weighted by molar-refractivity contribution is 0.103. The third-order valence-electron chi connectivity index (χ3n) is 6.42. The van der Waals surface area contributed by atoms with Crippen LogP contribution in [0.15, 0.2) is 76.6 Å². The minimum atomic E-state index is -0.372. The first kappa shape index (κ1) is 22.5. The summed E-state index contributed by atoms with van der Waals surface area (Å²) in [6.07, 6.45) is 8.00. The van der Waals surface area contributed by atoms with Crippen LogP contribution in [0, 0.1) is 5.82 Å². The Kier molecular flexibility index (Phi) is 5.90. The summed E-state index contributed by atoms with van der Waals surface area (Å²) in [6.45, 7) is 7.29. The van der Waals surface area contributed by atoms with E-state index in [1.165, 1.54) is 12.1 Å². The van der Waals surface area contributed by atoms with Gasteiger partial charge in [0, 0.05) is 59.9 Å². The Bertz CT molecular complexity index is 1550. The number of nitrogens with zero attached hydrogens (tertiary/aromatic N) is 4. The van der Waals surface area contributed by atoms with Crippen LogP contribution in [-0.4, -0.2) is 49.5 Å². The molecule has 4 aromatic rings. The molecule has 0 saturated carbocycles. The SMILES string of the molecule is C=C(/C=C(\N=C/C)C(=O)c1c[nH]c2cc(F)ccc12)N1CCC(n2c(=O)[nH]c3ncccc32)CC1. The number of H-pyrrole nitrogens is 2. The Morgan fingerprint density at radius 3 is 2.86 bits per heavy atom.